The van der Waals surface area contributed by atoms with Crippen LogP contribution in [0.1, 0.15) is 49.9 Å². The van der Waals surface area contributed by atoms with Gasteiger partial charge in [-0.2, -0.15) is 0 Å². The quantitative estimate of drug-likeness (QED) is 0.209. The lowest BCUT2D eigenvalue weighted by molar-refractivity contribution is -0.403. The number of nitrogens with zero attached hydrogens (tertiary/aromatic N) is 2. The van der Waals surface area contributed by atoms with Gasteiger partial charge in [-0.15, -0.1) is 0 Å². The van der Waals surface area contributed by atoms with Gasteiger partial charge in [0.1, 0.15) is 14.1 Å². The van der Waals surface area contributed by atoms with Gasteiger partial charge < -0.3 is 0 Å². The van der Waals surface area contributed by atoms with Crippen molar-refractivity contribution in [3.8, 4) is 0 Å². The van der Waals surface area contributed by atoms with Gasteiger partial charge in [0.15, 0.2) is 11.4 Å². The Morgan fingerprint density at radius 1 is 0.500 bits per heavy atom. The molecule has 0 saturated carbocycles. The molecule has 2 nitrogen and oxygen atoms in total. The molecule has 2 unspecified atom stereocenters. The Bertz CT molecular complexity index is 1770. The SMILES string of the molecule is CC1=[N+](C)c2ccc3ccccc3c2C1(C)Cc1ccc(CC2(C)C(C)=[N+](C)c3ccc4ccccc4c32)cc1. The molecule has 0 bridgehead atoms. The average molecular weight is 523 g/mol. The molecule has 0 N–H and O–H groups in total. The molecule has 0 aromatic heterocycles. The Morgan fingerprint density at radius 3 is 1.27 bits per heavy atom. The van der Waals surface area contributed by atoms with E-state index in [-0.39, 0.29) is 10.8 Å². The van der Waals surface area contributed by atoms with E-state index in [1.807, 2.05) is 0 Å². The summed E-state index contributed by atoms with van der Waals surface area (Å²) in [5, 5.41) is 5.39. The molecule has 0 amide bonds. The highest BCUT2D eigenvalue weighted by Crippen LogP contribution is 2.47. The minimum absolute atomic E-state index is 0.0468. The monoisotopic (exact) mass is 522 g/mol. The predicted octanol–water partition coefficient (Wildman–Crippen LogP) is 8.49. The molecule has 5 aromatic carbocycles. The first-order chi connectivity index (χ1) is 19.2. The molecular formula is C38H38N2+2. The molecule has 2 aliphatic heterocycles. The summed E-state index contributed by atoms with van der Waals surface area (Å²) in [6.07, 6.45) is 1.98. The molecule has 0 saturated heterocycles. The molecule has 0 spiro atoms. The van der Waals surface area contributed by atoms with Crippen molar-refractivity contribution in [2.24, 2.45) is 0 Å². The minimum atomic E-state index is -0.0468. The maximum atomic E-state index is 2.43. The van der Waals surface area contributed by atoms with E-state index in [1.54, 1.807) is 0 Å². The van der Waals surface area contributed by atoms with Crippen molar-refractivity contribution in [2.45, 2.75) is 51.4 Å². The molecular weight excluding hydrogens is 484 g/mol. The fourth-order valence-electron chi connectivity index (χ4n) is 7.73. The van der Waals surface area contributed by atoms with Crippen molar-refractivity contribution in [1.82, 2.24) is 0 Å². The lowest BCUT2D eigenvalue weighted by Gasteiger charge is -2.25. The van der Waals surface area contributed by atoms with Crippen LogP contribution in [0, 0.1) is 0 Å². The van der Waals surface area contributed by atoms with Crippen molar-refractivity contribution in [2.75, 3.05) is 14.1 Å². The van der Waals surface area contributed by atoms with Crippen molar-refractivity contribution < 1.29 is 9.15 Å². The number of benzene rings is 5. The predicted molar refractivity (Wildman–Crippen MR) is 170 cm³/mol. The van der Waals surface area contributed by atoms with Crippen LogP contribution in [0.4, 0.5) is 11.4 Å². The summed E-state index contributed by atoms with van der Waals surface area (Å²) in [6, 6.07) is 36.3. The zero-order chi connectivity index (χ0) is 27.8. The third kappa shape index (κ3) is 3.41. The summed E-state index contributed by atoms with van der Waals surface area (Å²) < 4.78 is 4.79. The van der Waals surface area contributed by atoms with Gasteiger partial charge in [0.25, 0.3) is 0 Å². The third-order valence-corrected chi connectivity index (χ3v) is 10.4. The van der Waals surface area contributed by atoms with Crippen molar-refractivity contribution in [1.29, 1.82) is 0 Å². The highest BCUT2D eigenvalue weighted by molar-refractivity contribution is 6.03. The van der Waals surface area contributed by atoms with Gasteiger partial charge >= 0.3 is 0 Å². The third-order valence-electron chi connectivity index (χ3n) is 10.4. The summed E-state index contributed by atoms with van der Waals surface area (Å²) >= 11 is 0. The van der Waals surface area contributed by atoms with Crippen LogP contribution in [0.25, 0.3) is 21.5 Å². The van der Waals surface area contributed by atoms with Gasteiger partial charge in [0.2, 0.25) is 11.4 Å². The molecule has 0 fully saturated rings. The first kappa shape index (κ1) is 25.0. The Kier molecular flexibility index (Phi) is 5.45. The first-order valence-electron chi connectivity index (χ1n) is 14.5. The van der Waals surface area contributed by atoms with E-state index >= 15 is 0 Å². The summed E-state index contributed by atoms with van der Waals surface area (Å²) in [5.74, 6) is 0. The van der Waals surface area contributed by atoms with Crippen LogP contribution >= 0.6 is 0 Å². The number of rotatable bonds is 4. The van der Waals surface area contributed by atoms with E-state index in [0.717, 1.165) is 12.8 Å². The van der Waals surface area contributed by atoms with E-state index in [0.29, 0.717) is 0 Å². The van der Waals surface area contributed by atoms with Crippen LogP contribution in [0.2, 0.25) is 0 Å². The van der Waals surface area contributed by atoms with Gasteiger partial charge in [0, 0.05) is 37.1 Å². The Balaban J connectivity index is 1.24. The van der Waals surface area contributed by atoms with E-state index in [1.165, 1.54) is 66.6 Å². The normalized spacial score (nSPS) is 21.9. The van der Waals surface area contributed by atoms with Crippen LogP contribution in [0.5, 0.6) is 0 Å². The highest BCUT2D eigenvalue weighted by Gasteiger charge is 2.48. The van der Waals surface area contributed by atoms with Crippen molar-refractivity contribution in [3.63, 3.8) is 0 Å². The Hall–Kier alpha value is -4.04. The molecule has 2 heterocycles. The molecule has 198 valence electrons. The van der Waals surface area contributed by atoms with Crippen molar-refractivity contribution in [3.05, 3.63) is 119 Å². The zero-order valence-corrected chi connectivity index (χ0v) is 24.5. The topological polar surface area (TPSA) is 6.02 Å². The van der Waals surface area contributed by atoms with Crippen LogP contribution in [-0.4, -0.2) is 34.7 Å². The second-order valence-corrected chi connectivity index (χ2v) is 12.5. The summed E-state index contributed by atoms with van der Waals surface area (Å²) in [4.78, 5) is 0. The number of fused-ring (bicyclic) bond motifs is 6. The van der Waals surface area contributed by atoms with Crippen LogP contribution < -0.4 is 0 Å². The molecule has 7 rings (SSSR count). The van der Waals surface area contributed by atoms with Crippen LogP contribution in [-0.2, 0) is 23.7 Å². The molecule has 2 atom stereocenters. The smallest absolute Gasteiger partial charge is 0.202 e. The maximum Gasteiger partial charge on any atom is 0.209 e. The molecule has 2 heteroatoms. The van der Waals surface area contributed by atoms with Gasteiger partial charge in [0.05, 0.1) is 10.8 Å². The highest BCUT2D eigenvalue weighted by atomic mass is 15.0. The van der Waals surface area contributed by atoms with Crippen molar-refractivity contribution >= 4 is 44.3 Å². The lowest BCUT2D eigenvalue weighted by atomic mass is 9.72. The lowest BCUT2D eigenvalue weighted by Crippen LogP contribution is -2.33. The molecule has 2 aliphatic rings. The van der Waals surface area contributed by atoms with Gasteiger partial charge in [-0.1, -0.05) is 72.8 Å². The van der Waals surface area contributed by atoms with Crippen LogP contribution in [0.15, 0.2) is 97.1 Å². The summed E-state index contributed by atoms with van der Waals surface area (Å²) in [5.41, 5.74) is 11.1. The molecule has 0 aliphatic carbocycles. The molecule has 5 aromatic rings. The van der Waals surface area contributed by atoms with E-state index in [2.05, 4.69) is 148 Å². The fourth-order valence-corrected chi connectivity index (χ4v) is 7.73. The largest absolute Gasteiger partial charge is 0.209 e. The Labute approximate surface area is 237 Å². The zero-order valence-electron chi connectivity index (χ0n) is 24.5. The standard InChI is InChI=1S/C38H38N2/c1-25-37(3,35-31-13-9-7-11-29(31)19-21-33(35)39(25)5)23-27-15-17-28(18-16-27)24-38(4)26(2)40(6)34-22-20-30-12-8-10-14-32(30)36(34)38/h7-22H,23-24H2,1-6H3/q+2. The maximum absolute atomic E-state index is 2.43. The fraction of sp³-hybridized carbons (Fsp3) is 0.263. The van der Waals surface area contributed by atoms with Crippen LogP contribution in [0.3, 0.4) is 0 Å². The van der Waals surface area contributed by atoms with Gasteiger partial charge in [-0.25, -0.2) is 9.15 Å². The van der Waals surface area contributed by atoms with E-state index in [4.69, 9.17) is 0 Å². The van der Waals surface area contributed by atoms with E-state index < -0.39 is 0 Å². The molecule has 40 heavy (non-hydrogen) atoms. The number of hydrogen-bond donors (Lipinski definition) is 0. The van der Waals surface area contributed by atoms with Gasteiger partial charge in [-0.3, -0.25) is 0 Å². The average Bonchev–Trinajstić information content (AvgIpc) is 3.29. The van der Waals surface area contributed by atoms with Gasteiger partial charge in [-0.05, 0) is 71.5 Å². The summed E-state index contributed by atoms with van der Waals surface area (Å²) in [7, 11) is 4.44. The molecule has 0 radical (unpaired) electrons. The number of hydrogen-bond acceptors (Lipinski definition) is 0. The van der Waals surface area contributed by atoms with E-state index in [9.17, 15) is 0 Å². The Morgan fingerprint density at radius 2 is 0.875 bits per heavy atom. The first-order valence-corrected chi connectivity index (χ1v) is 14.5. The second-order valence-electron chi connectivity index (χ2n) is 12.5. The second kappa shape index (κ2) is 8.73. The minimum Gasteiger partial charge on any atom is -0.202 e. The summed E-state index contributed by atoms with van der Waals surface area (Å²) in [6.45, 7) is 9.48.